The van der Waals surface area contributed by atoms with Crippen LogP contribution in [0.15, 0.2) is 29.2 Å². The summed E-state index contributed by atoms with van der Waals surface area (Å²) in [7, 11) is 3.18. The molecule has 0 aliphatic heterocycles. The summed E-state index contributed by atoms with van der Waals surface area (Å²) >= 11 is 0. The summed E-state index contributed by atoms with van der Waals surface area (Å²) in [5.74, 6) is -0.686. The second-order valence-electron chi connectivity index (χ2n) is 3.64. The Kier molecular flexibility index (Phi) is 2.59. The number of fused-ring (bicyclic) bond motifs is 1. The summed E-state index contributed by atoms with van der Waals surface area (Å²) in [5, 5.41) is 9.27. The number of carboxylic acids is 1. The lowest BCUT2D eigenvalue weighted by Crippen LogP contribution is -2.18. The minimum Gasteiger partial charge on any atom is -0.495 e. The van der Waals surface area contributed by atoms with E-state index in [9.17, 15) is 9.59 Å². The monoisotopic (exact) mass is 233 g/mol. The number of ether oxygens (including phenoxy) is 1. The van der Waals surface area contributed by atoms with Crippen LogP contribution >= 0.6 is 0 Å². The minimum absolute atomic E-state index is 0.242. The molecular formula is C12H11NO4. The maximum atomic E-state index is 11.9. The van der Waals surface area contributed by atoms with Gasteiger partial charge in [0.05, 0.1) is 18.0 Å². The molecule has 5 nitrogen and oxygen atoms in total. The highest BCUT2D eigenvalue weighted by atomic mass is 16.5. The first kappa shape index (κ1) is 11.2. The van der Waals surface area contributed by atoms with Crippen LogP contribution in [0.4, 0.5) is 0 Å². The lowest BCUT2D eigenvalue weighted by atomic mass is 10.1. The third kappa shape index (κ3) is 1.65. The standard InChI is InChI=1S/C12H11NO4/c1-13-6-8(12(15)16)11(14)7-4-3-5-9(17-2)10(7)13/h3-6H,1-2H3,(H,15,16). The molecule has 2 rings (SSSR count). The molecule has 0 spiro atoms. The van der Waals surface area contributed by atoms with Gasteiger partial charge in [0, 0.05) is 13.2 Å². The molecule has 0 atom stereocenters. The Bertz CT molecular complexity index is 657. The van der Waals surface area contributed by atoms with Crippen molar-refractivity contribution in [3.05, 3.63) is 40.2 Å². The van der Waals surface area contributed by atoms with Gasteiger partial charge in [-0.15, -0.1) is 0 Å². The van der Waals surface area contributed by atoms with Crippen molar-refractivity contribution in [1.82, 2.24) is 4.57 Å². The second kappa shape index (κ2) is 3.93. The van der Waals surface area contributed by atoms with Gasteiger partial charge in [-0.2, -0.15) is 0 Å². The summed E-state index contributed by atoms with van der Waals surface area (Å²) in [6.07, 6.45) is 1.30. The molecule has 0 amide bonds. The van der Waals surface area contributed by atoms with E-state index in [1.165, 1.54) is 13.3 Å². The van der Waals surface area contributed by atoms with E-state index in [0.717, 1.165) is 0 Å². The summed E-state index contributed by atoms with van der Waals surface area (Å²) < 4.78 is 6.74. The molecule has 0 aliphatic carbocycles. The highest BCUT2D eigenvalue weighted by Gasteiger charge is 2.15. The van der Waals surface area contributed by atoms with Crippen LogP contribution in [0, 0.1) is 0 Å². The van der Waals surface area contributed by atoms with E-state index in [-0.39, 0.29) is 5.56 Å². The molecule has 0 bridgehead atoms. The zero-order chi connectivity index (χ0) is 12.6. The molecule has 1 aromatic carbocycles. The Morgan fingerprint density at radius 3 is 2.71 bits per heavy atom. The molecule has 0 aliphatic rings. The Morgan fingerprint density at radius 1 is 1.41 bits per heavy atom. The van der Waals surface area contributed by atoms with E-state index in [4.69, 9.17) is 9.84 Å². The normalized spacial score (nSPS) is 10.5. The number of aromatic carboxylic acids is 1. The number of carboxylic acid groups (broad SMARTS) is 1. The van der Waals surface area contributed by atoms with Crippen LogP contribution in [0.1, 0.15) is 10.4 Å². The number of aryl methyl sites for hydroxylation is 1. The number of nitrogens with zero attached hydrogens (tertiary/aromatic N) is 1. The molecule has 0 fully saturated rings. The quantitative estimate of drug-likeness (QED) is 0.847. The number of rotatable bonds is 2. The summed E-state index contributed by atoms with van der Waals surface area (Å²) in [4.78, 5) is 22.9. The first-order valence-electron chi connectivity index (χ1n) is 4.96. The number of methoxy groups -OCH3 is 1. The smallest absolute Gasteiger partial charge is 0.341 e. The van der Waals surface area contributed by atoms with Gasteiger partial charge in [0.15, 0.2) is 0 Å². The van der Waals surface area contributed by atoms with Gasteiger partial charge in [-0.05, 0) is 12.1 Å². The van der Waals surface area contributed by atoms with E-state index >= 15 is 0 Å². The fourth-order valence-electron chi connectivity index (χ4n) is 1.85. The van der Waals surface area contributed by atoms with Crippen LogP contribution in [0.2, 0.25) is 0 Å². The molecule has 1 N–H and O–H groups in total. The molecule has 88 valence electrons. The third-order valence-corrected chi connectivity index (χ3v) is 2.61. The number of benzene rings is 1. The van der Waals surface area contributed by atoms with Gasteiger partial charge in [0.2, 0.25) is 5.43 Å². The van der Waals surface area contributed by atoms with Gasteiger partial charge in [-0.25, -0.2) is 4.79 Å². The maximum absolute atomic E-state index is 11.9. The Morgan fingerprint density at radius 2 is 2.12 bits per heavy atom. The van der Waals surface area contributed by atoms with E-state index in [0.29, 0.717) is 16.7 Å². The largest absolute Gasteiger partial charge is 0.495 e. The highest BCUT2D eigenvalue weighted by Crippen LogP contribution is 2.22. The molecule has 1 aromatic heterocycles. The van der Waals surface area contributed by atoms with Gasteiger partial charge >= 0.3 is 5.97 Å². The maximum Gasteiger partial charge on any atom is 0.341 e. The lowest BCUT2D eigenvalue weighted by Gasteiger charge is -2.10. The molecule has 5 heteroatoms. The van der Waals surface area contributed by atoms with Crippen LogP contribution in [-0.2, 0) is 7.05 Å². The number of para-hydroxylation sites is 1. The van der Waals surface area contributed by atoms with Crippen molar-refractivity contribution >= 4 is 16.9 Å². The van der Waals surface area contributed by atoms with E-state index in [1.807, 2.05) is 0 Å². The fraction of sp³-hybridized carbons (Fsp3) is 0.167. The van der Waals surface area contributed by atoms with Crippen molar-refractivity contribution in [2.45, 2.75) is 0 Å². The van der Waals surface area contributed by atoms with Crippen LogP contribution in [0.25, 0.3) is 10.9 Å². The van der Waals surface area contributed by atoms with Crippen molar-refractivity contribution in [2.75, 3.05) is 7.11 Å². The molecule has 0 saturated carbocycles. The van der Waals surface area contributed by atoms with Crippen molar-refractivity contribution in [3.63, 3.8) is 0 Å². The molecular weight excluding hydrogens is 222 g/mol. The molecule has 17 heavy (non-hydrogen) atoms. The number of hydrogen-bond donors (Lipinski definition) is 1. The Labute approximate surface area is 96.9 Å². The van der Waals surface area contributed by atoms with Gasteiger partial charge in [0.25, 0.3) is 0 Å². The highest BCUT2D eigenvalue weighted by molar-refractivity contribution is 5.94. The molecule has 0 saturated heterocycles. The number of carbonyl (C=O) groups is 1. The molecule has 2 aromatic rings. The topological polar surface area (TPSA) is 68.5 Å². The fourth-order valence-corrected chi connectivity index (χ4v) is 1.85. The predicted molar refractivity (Wildman–Crippen MR) is 62.7 cm³/mol. The zero-order valence-corrected chi connectivity index (χ0v) is 9.43. The van der Waals surface area contributed by atoms with Crippen LogP contribution < -0.4 is 10.2 Å². The SMILES string of the molecule is COc1cccc2c(=O)c(C(=O)O)cn(C)c12. The predicted octanol–water partition coefficient (Wildman–Crippen LogP) is 1.25. The molecule has 1 heterocycles. The number of hydrogen-bond acceptors (Lipinski definition) is 3. The second-order valence-corrected chi connectivity index (χ2v) is 3.64. The first-order valence-corrected chi connectivity index (χ1v) is 4.96. The van der Waals surface area contributed by atoms with Gasteiger partial charge in [0.1, 0.15) is 11.3 Å². The lowest BCUT2D eigenvalue weighted by molar-refractivity contribution is 0.0695. The average molecular weight is 233 g/mol. The van der Waals surface area contributed by atoms with E-state index in [2.05, 4.69) is 0 Å². The number of pyridine rings is 1. The van der Waals surface area contributed by atoms with Gasteiger partial charge < -0.3 is 14.4 Å². The van der Waals surface area contributed by atoms with Crippen LogP contribution in [-0.4, -0.2) is 22.8 Å². The summed E-state index contributed by atoms with van der Waals surface area (Å²) in [5.41, 5.74) is -0.150. The first-order chi connectivity index (χ1) is 8.06. The van der Waals surface area contributed by atoms with Crippen molar-refractivity contribution in [2.24, 2.45) is 7.05 Å². The Hall–Kier alpha value is -2.30. The number of aromatic nitrogens is 1. The summed E-state index contributed by atoms with van der Waals surface area (Å²) in [6, 6.07) is 4.98. The minimum atomic E-state index is -1.23. The average Bonchev–Trinajstić information content (AvgIpc) is 2.32. The third-order valence-electron chi connectivity index (χ3n) is 2.61. The van der Waals surface area contributed by atoms with Crippen LogP contribution in [0.3, 0.4) is 0 Å². The summed E-state index contributed by atoms with van der Waals surface area (Å²) in [6.45, 7) is 0. The Balaban J connectivity index is 2.97. The van der Waals surface area contributed by atoms with Gasteiger partial charge in [-0.1, -0.05) is 6.07 Å². The molecule has 0 unspecified atom stereocenters. The van der Waals surface area contributed by atoms with Crippen LogP contribution in [0.5, 0.6) is 5.75 Å². The van der Waals surface area contributed by atoms with E-state index < -0.39 is 11.4 Å². The van der Waals surface area contributed by atoms with Gasteiger partial charge in [-0.3, -0.25) is 4.79 Å². The van der Waals surface area contributed by atoms with E-state index in [1.54, 1.807) is 29.8 Å². The van der Waals surface area contributed by atoms with Crippen molar-refractivity contribution < 1.29 is 14.6 Å². The van der Waals surface area contributed by atoms with Crippen molar-refractivity contribution in [3.8, 4) is 5.75 Å². The van der Waals surface area contributed by atoms with Crippen molar-refractivity contribution in [1.29, 1.82) is 0 Å². The zero-order valence-electron chi connectivity index (χ0n) is 9.43. The molecule has 0 radical (unpaired) electrons.